The Morgan fingerprint density at radius 2 is 2.22 bits per heavy atom. The van der Waals surface area contributed by atoms with E-state index in [0.29, 0.717) is 16.7 Å². The van der Waals surface area contributed by atoms with Crippen LogP contribution in [0.4, 0.5) is 4.39 Å². The van der Waals surface area contributed by atoms with Crippen molar-refractivity contribution >= 4 is 16.8 Å². The van der Waals surface area contributed by atoms with Gasteiger partial charge in [0.2, 0.25) is 5.78 Å². The van der Waals surface area contributed by atoms with E-state index in [1.54, 1.807) is 11.6 Å². The lowest BCUT2D eigenvalue weighted by molar-refractivity contribution is 0.100. The zero-order valence-electron chi connectivity index (χ0n) is 9.55. The third-order valence-electron chi connectivity index (χ3n) is 2.75. The summed E-state index contributed by atoms with van der Waals surface area (Å²) in [5.41, 5.74) is 0.913. The first-order valence-electron chi connectivity index (χ1n) is 5.35. The smallest absolute Gasteiger partial charge is 0.246 e. The van der Waals surface area contributed by atoms with E-state index in [9.17, 15) is 9.18 Å². The van der Waals surface area contributed by atoms with Crippen LogP contribution in [0, 0.1) is 5.82 Å². The van der Waals surface area contributed by atoms with Crippen molar-refractivity contribution in [3.8, 4) is 0 Å². The highest BCUT2D eigenvalue weighted by atomic mass is 19.1. The van der Waals surface area contributed by atoms with Crippen LogP contribution in [-0.2, 0) is 7.05 Å². The van der Waals surface area contributed by atoms with Crippen molar-refractivity contribution in [1.82, 2.24) is 9.55 Å². The van der Waals surface area contributed by atoms with Crippen molar-refractivity contribution in [3.63, 3.8) is 0 Å². The number of halogens is 1. The predicted octanol–water partition coefficient (Wildman–Crippen LogP) is 2.54. The molecule has 0 saturated carbocycles. The Morgan fingerprint density at radius 1 is 1.39 bits per heavy atom. The molecule has 0 aliphatic heterocycles. The number of hydrogen-bond donors (Lipinski definition) is 0. The van der Waals surface area contributed by atoms with Gasteiger partial charge in [0.05, 0.1) is 12.5 Å². The van der Waals surface area contributed by atoms with Crippen molar-refractivity contribution < 1.29 is 13.6 Å². The SMILES string of the molecule is Cn1cncc1C(=O)c1cc2cc(F)ccc2o1. The largest absolute Gasteiger partial charge is 0.453 e. The summed E-state index contributed by atoms with van der Waals surface area (Å²) in [7, 11) is 1.72. The first kappa shape index (κ1) is 10.7. The molecule has 18 heavy (non-hydrogen) atoms. The quantitative estimate of drug-likeness (QED) is 0.651. The van der Waals surface area contributed by atoms with Crippen molar-refractivity contribution in [2.45, 2.75) is 0 Å². The number of carbonyl (C=O) groups is 1. The van der Waals surface area contributed by atoms with Crippen LogP contribution in [0.1, 0.15) is 16.2 Å². The standard InChI is InChI=1S/C13H9FN2O2/c1-16-7-15-6-10(16)13(17)12-5-8-4-9(14)2-3-11(8)18-12/h2-7H,1H3. The molecule has 0 radical (unpaired) electrons. The topological polar surface area (TPSA) is 48.0 Å². The Morgan fingerprint density at radius 3 is 2.94 bits per heavy atom. The molecule has 3 rings (SSSR count). The maximum Gasteiger partial charge on any atom is 0.246 e. The number of fused-ring (bicyclic) bond motifs is 1. The van der Waals surface area contributed by atoms with Gasteiger partial charge in [-0.15, -0.1) is 0 Å². The molecule has 1 aromatic carbocycles. The Labute approximate surface area is 102 Å². The van der Waals surface area contributed by atoms with Gasteiger partial charge in [-0.3, -0.25) is 4.79 Å². The van der Waals surface area contributed by atoms with Gasteiger partial charge in [-0.25, -0.2) is 9.37 Å². The monoisotopic (exact) mass is 244 g/mol. The van der Waals surface area contributed by atoms with Crippen LogP contribution in [0.25, 0.3) is 11.0 Å². The summed E-state index contributed by atoms with van der Waals surface area (Å²) in [6.45, 7) is 0. The number of ketones is 1. The predicted molar refractivity (Wildman–Crippen MR) is 62.8 cm³/mol. The molecular formula is C13H9FN2O2. The molecule has 0 amide bonds. The number of carbonyl (C=O) groups excluding carboxylic acids is 1. The minimum atomic E-state index is -0.358. The molecule has 0 fully saturated rings. The number of furan rings is 1. The van der Waals surface area contributed by atoms with Crippen molar-refractivity contribution in [3.05, 3.63) is 54.1 Å². The maximum absolute atomic E-state index is 13.0. The molecule has 0 atom stereocenters. The van der Waals surface area contributed by atoms with E-state index in [4.69, 9.17) is 4.42 Å². The number of aromatic nitrogens is 2. The highest BCUT2D eigenvalue weighted by Gasteiger charge is 2.17. The molecule has 2 aromatic heterocycles. The van der Waals surface area contributed by atoms with Gasteiger partial charge in [-0.1, -0.05) is 0 Å². The Balaban J connectivity index is 2.10. The third-order valence-corrected chi connectivity index (χ3v) is 2.75. The van der Waals surface area contributed by atoms with E-state index in [0.717, 1.165) is 0 Å². The van der Waals surface area contributed by atoms with Gasteiger partial charge in [-0.05, 0) is 24.3 Å². The molecule has 3 aromatic rings. The summed E-state index contributed by atoms with van der Waals surface area (Å²) in [5.74, 6) is -0.450. The number of aryl methyl sites for hydroxylation is 1. The van der Waals surface area contributed by atoms with Crippen LogP contribution in [0.5, 0.6) is 0 Å². The molecule has 2 heterocycles. The number of nitrogens with zero attached hydrogens (tertiary/aromatic N) is 2. The highest BCUT2D eigenvalue weighted by Crippen LogP contribution is 2.22. The van der Waals surface area contributed by atoms with Gasteiger partial charge in [0.15, 0.2) is 5.76 Å². The van der Waals surface area contributed by atoms with Crippen molar-refractivity contribution in [2.75, 3.05) is 0 Å². The fourth-order valence-corrected chi connectivity index (χ4v) is 1.83. The third kappa shape index (κ3) is 1.60. The zero-order chi connectivity index (χ0) is 12.7. The average molecular weight is 244 g/mol. The number of benzene rings is 1. The second-order valence-electron chi connectivity index (χ2n) is 4.01. The fourth-order valence-electron chi connectivity index (χ4n) is 1.83. The molecule has 90 valence electrons. The van der Waals surface area contributed by atoms with Crippen LogP contribution >= 0.6 is 0 Å². The lowest BCUT2D eigenvalue weighted by Crippen LogP contribution is -2.05. The number of imidazole rings is 1. The van der Waals surface area contributed by atoms with Crippen molar-refractivity contribution in [1.29, 1.82) is 0 Å². The van der Waals surface area contributed by atoms with E-state index >= 15 is 0 Å². The molecule has 0 spiro atoms. The minimum Gasteiger partial charge on any atom is -0.453 e. The van der Waals surface area contributed by atoms with Gasteiger partial charge in [0.25, 0.3) is 0 Å². The van der Waals surface area contributed by atoms with Gasteiger partial charge in [0, 0.05) is 12.4 Å². The van der Waals surface area contributed by atoms with E-state index in [-0.39, 0.29) is 17.4 Å². The Bertz CT molecular complexity index is 742. The summed E-state index contributed by atoms with van der Waals surface area (Å²) < 4.78 is 20.1. The van der Waals surface area contributed by atoms with Gasteiger partial charge < -0.3 is 8.98 Å². The molecule has 0 saturated heterocycles. The Kier molecular flexibility index (Phi) is 2.26. The van der Waals surface area contributed by atoms with Crippen LogP contribution in [0.15, 0.2) is 41.2 Å². The molecule has 0 bridgehead atoms. The number of hydrogen-bond acceptors (Lipinski definition) is 3. The molecule has 4 nitrogen and oxygen atoms in total. The van der Waals surface area contributed by atoms with Gasteiger partial charge in [-0.2, -0.15) is 0 Å². The van der Waals surface area contributed by atoms with Crippen LogP contribution in [0.2, 0.25) is 0 Å². The van der Waals surface area contributed by atoms with E-state index in [1.807, 2.05) is 0 Å². The van der Waals surface area contributed by atoms with Crippen LogP contribution in [0.3, 0.4) is 0 Å². The van der Waals surface area contributed by atoms with Crippen LogP contribution in [-0.4, -0.2) is 15.3 Å². The second-order valence-corrected chi connectivity index (χ2v) is 4.01. The first-order valence-corrected chi connectivity index (χ1v) is 5.35. The minimum absolute atomic E-state index is 0.180. The second kappa shape index (κ2) is 3.80. The summed E-state index contributed by atoms with van der Waals surface area (Å²) in [6.07, 6.45) is 3.01. The van der Waals surface area contributed by atoms with E-state index in [1.165, 1.54) is 36.8 Å². The Hall–Kier alpha value is -2.43. The van der Waals surface area contributed by atoms with Crippen molar-refractivity contribution in [2.24, 2.45) is 7.05 Å². The zero-order valence-corrected chi connectivity index (χ0v) is 9.55. The molecule has 5 heteroatoms. The lowest BCUT2D eigenvalue weighted by atomic mass is 10.2. The summed E-state index contributed by atoms with van der Waals surface area (Å²) in [4.78, 5) is 16.0. The highest BCUT2D eigenvalue weighted by molar-refractivity contribution is 6.07. The maximum atomic E-state index is 13.0. The molecule has 0 N–H and O–H groups in total. The normalized spacial score (nSPS) is 11.0. The lowest BCUT2D eigenvalue weighted by Gasteiger charge is -1.97. The van der Waals surface area contributed by atoms with Gasteiger partial charge >= 0.3 is 0 Å². The van der Waals surface area contributed by atoms with E-state index in [2.05, 4.69) is 4.98 Å². The summed E-state index contributed by atoms with van der Waals surface area (Å²) in [5, 5.41) is 0.570. The molecule has 0 unspecified atom stereocenters. The van der Waals surface area contributed by atoms with E-state index < -0.39 is 0 Å². The molecule has 0 aliphatic rings. The van der Waals surface area contributed by atoms with Crippen LogP contribution < -0.4 is 0 Å². The first-order chi connectivity index (χ1) is 8.65. The summed E-state index contributed by atoms with van der Waals surface area (Å²) in [6, 6.07) is 5.67. The molecule has 0 aliphatic carbocycles. The summed E-state index contributed by atoms with van der Waals surface area (Å²) >= 11 is 0. The average Bonchev–Trinajstić information content (AvgIpc) is 2.93. The van der Waals surface area contributed by atoms with Gasteiger partial charge in [0.1, 0.15) is 17.1 Å². The number of rotatable bonds is 2. The fraction of sp³-hybridized carbons (Fsp3) is 0.0769. The molecular weight excluding hydrogens is 235 g/mol.